The molecular weight excluding hydrogens is 267 g/mol. The smallest absolute Gasteiger partial charge is 0.422 e. The number of benzene rings is 3. The number of hydrogen-bond acceptors (Lipinski definition) is 4. The van der Waals surface area contributed by atoms with Crippen LogP contribution in [-0.2, 0) is 9.69 Å². The molecule has 2 N–H and O–H groups in total. The Balaban J connectivity index is 2.15. The van der Waals surface area contributed by atoms with Crippen molar-refractivity contribution in [3.05, 3.63) is 54.6 Å². The van der Waals surface area contributed by atoms with Crippen molar-refractivity contribution >= 4 is 34.1 Å². The monoisotopic (exact) mass is 282 g/mol. The number of fused-ring (bicyclic) bond motifs is 2. The van der Waals surface area contributed by atoms with Crippen molar-refractivity contribution in [2.24, 2.45) is 0 Å². The highest BCUT2D eigenvalue weighted by molar-refractivity contribution is 6.66. The van der Waals surface area contributed by atoms with Crippen LogP contribution in [0.2, 0.25) is 0 Å². The van der Waals surface area contributed by atoms with Crippen LogP contribution in [0.25, 0.3) is 21.5 Å². The second kappa shape index (κ2) is 6.24. The first-order valence-corrected chi connectivity index (χ1v) is 6.79. The summed E-state index contributed by atoms with van der Waals surface area (Å²) in [5.41, 5.74) is 0.668. The molecule has 0 unspecified atom stereocenters. The third-order valence-corrected chi connectivity index (χ3v) is 3.39. The van der Waals surface area contributed by atoms with Crippen molar-refractivity contribution in [1.82, 2.24) is 0 Å². The third-order valence-electron chi connectivity index (χ3n) is 3.39. The van der Waals surface area contributed by atoms with E-state index in [0.717, 1.165) is 21.5 Å². The Kier molecular flexibility index (Phi) is 4.17. The highest BCUT2D eigenvalue weighted by Crippen LogP contribution is 2.21. The number of rotatable bonds is 5. The summed E-state index contributed by atoms with van der Waals surface area (Å²) in [6, 6.07) is 17.7. The van der Waals surface area contributed by atoms with Crippen LogP contribution in [0.4, 0.5) is 0 Å². The van der Waals surface area contributed by atoms with Crippen molar-refractivity contribution < 1.29 is 19.8 Å². The van der Waals surface area contributed by atoms with E-state index in [1.807, 2.05) is 48.5 Å². The fraction of sp³-hybridized carbons (Fsp3) is 0.125. The molecule has 5 heteroatoms. The van der Waals surface area contributed by atoms with Gasteiger partial charge in [0.15, 0.2) is 0 Å². The average Bonchev–Trinajstić information content (AvgIpc) is 2.52. The predicted molar refractivity (Wildman–Crippen MR) is 83.2 cm³/mol. The summed E-state index contributed by atoms with van der Waals surface area (Å²) in [6.07, 6.45) is 0. The summed E-state index contributed by atoms with van der Waals surface area (Å²) < 4.78 is 0. The number of hydrogen-bond donors (Lipinski definition) is 2. The van der Waals surface area contributed by atoms with Crippen LogP contribution in [0.3, 0.4) is 0 Å². The van der Waals surface area contributed by atoms with Crippen molar-refractivity contribution in [1.29, 1.82) is 0 Å². The van der Waals surface area contributed by atoms with Gasteiger partial charge in [-0.15, -0.1) is 0 Å². The minimum absolute atomic E-state index is 0.0136. The van der Waals surface area contributed by atoms with Gasteiger partial charge in [-0.2, -0.15) is 0 Å². The summed E-state index contributed by atoms with van der Waals surface area (Å²) >= 11 is 0. The van der Waals surface area contributed by atoms with Crippen LogP contribution in [-0.4, -0.2) is 30.5 Å². The molecule has 0 aliphatic heterocycles. The summed E-state index contributed by atoms with van der Waals surface area (Å²) in [4.78, 5) is 9.78. The molecule has 0 aliphatic carbocycles. The minimum atomic E-state index is -1.22. The molecule has 106 valence electrons. The molecule has 0 heterocycles. The van der Waals surface area contributed by atoms with Gasteiger partial charge in [0.2, 0.25) is 0 Å². The summed E-state index contributed by atoms with van der Waals surface area (Å²) in [5.74, 6) is 0. The normalized spacial score (nSPS) is 11.1. The lowest BCUT2D eigenvalue weighted by Gasteiger charge is -2.13. The van der Waals surface area contributed by atoms with Gasteiger partial charge in [-0.3, -0.25) is 4.81 Å². The largest absolute Gasteiger partial charge is 0.524 e. The molecule has 0 atom stereocenters. The van der Waals surface area contributed by atoms with Crippen LogP contribution >= 0.6 is 0 Å². The molecule has 21 heavy (non-hydrogen) atoms. The van der Waals surface area contributed by atoms with E-state index in [9.17, 15) is 5.02 Å². The second-order valence-electron chi connectivity index (χ2n) is 4.73. The zero-order valence-electron chi connectivity index (χ0n) is 11.4. The molecule has 0 aromatic heterocycles. The van der Waals surface area contributed by atoms with E-state index in [2.05, 4.69) is 6.07 Å². The van der Waals surface area contributed by atoms with Gasteiger partial charge in [-0.05, 0) is 33.1 Å². The van der Waals surface area contributed by atoms with Crippen LogP contribution in [0.5, 0.6) is 0 Å². The second-order valence-corrected chi connectivity index (χ2v) is 4.73. The Morgan fingerprint density at radius 1 is 0.905 bits per heavy atom. The van der Waals surface area contributed by atoms with Crippen LogP contribution < -0.4 is 5.46 Å². The van der Waals surface area contributed by atoms with Gasteiger partial charge in [-0.25, -0.2) is 4.89 Å². The van der Waals surface area contributed by atoms with E-state index in [4.69, 9.17) is 14.8 Å². The summed E-state index contributed by atoms with van der Waals surface area (Å²) in [5, 5.41) is 22.9. The Labute approximate surface area is 122 Å². The van der Waals surface area contributed by atoms with E-state index < -0.39 is 7.12 Å². The molecule has 0 radical (unpaired) electrons. The van der Waals surface area contributed by atoms with Crippen molar-refractivity contribution in [3.8, 4) is 0 Å². The van der Waals surface area contributed by atoms with Crippen molar-refractivity contribution in [3.63, 3.8) is 0 Å². The van der Waals surface area contributed by atoms with Crippen LogP contribution in [0.15, 0.2) is 54.6 Å². The predicted octanol–water partition coefficient (Wildman–Crippen LogP) is 1.62. The molecule has 0 bridgehead atoms. The van der Waals surface area contributed by atoms with E-state index in [-0.39, 0.29) is 13.2 Å². The fourth-order valence-electron chi connectivity index (χ4n) is 2.51. The van der Waals surface area contributed by atoms with E-state index in [1.165, 1.54) is 0 Å². The van der Waals surface area contributed by atoms with Crippen LogP contribution in [0, 0.1) is 0 Å². The first-order valence-electron chi connectivity index (χ1n) is 6.79. The van der Waals surface area contributed by atoms with Gasteiger partial charge in [0.05, 0.1) is 6.61 Å². The van der Waals surface area contributed by atoms with Gasteiger partial charge in [0.25, 0.3) is 0 Å². The van der Waals surface area contributed by atoms with E-state index >= 15 is 0 Å². The lowest BCUT2D eigenvalue weighted by Crippen LogP contribution is -2.35. The molecule has 3 rings (SSSR count). The maximum absolute atomic E-state index is 10.3. The topological polar surface area (TPSA) is 58.9 Å². The number of aliphatic hydroxyl groups is 1. The molecule has 0 aliphatic rings. The highest BCUT2D eigenvalue weighted by atomic mass is 17.2. The molecule has 0 saturated heterocycles. The molecule has 0 amide bonds. The first kappa shape index (κ1) is 14.0. The zero-order chi connectivity index (χ0) is 14.7. The summed E-state index contributed by atoms with van der Waals surface area (Å²) in [6.45, 7) is -0.150. The van der Waals surface area contributed by atoms with Crippen molar-refractivity contribution in [2.75, 3.05) is 13.2 Å². The SMILES string of the molecule is OCCOOB(O)c1c2ccccc2cc2ccccc12. The molecule has 3 aromatic carbocycles. The zero-order valence-corrected chi connectivity index (χ0v) is 11.4. The van der Waals surface area contributed by atoms with E-state index in [0.29, 0.717) is 5.46 Å². The highest BCUT2D eigenvalue weighted by Gasteiger charge is 2.23. The third kappa shape index (κ3) is 2.77. The van der Waals surface area contributed by atoms with Gasteiger partial charge in [0, 0.05) is 0 Å². The minimum Gasteiger partial charge on any atom is -0.422 e. The molecule has 0 spiro atoms. The van der Waals surface area contributed by atoms with E-state index in [1.54, 1.807) is 0 Å². The fourth-order valence-corrected chi connectivity index (χ4v) is 2.51. The lowest BCUT2D eigenvalue weighted by atomic mass is 9.74. The Morgan fingerprint density at radius 3 is 2.05 bits per heavy atom. The van der Waals surface area contributed by atoms with Gasteiger partial charge < -0.3 is 10.1 Å². The van der Waals surface area contributed by atoms with Crippen LogP contribution in [0.1, 0.15) is 0 Å². The van der Waals surface area contributed by atoms with Gasteiger partial charge in [-0.1, -0.05) is 48.5 Å². The molecule has 0 saturated carbocycles. The number of aliphatic hydroxyl groups excluding tert-OH is 1. The molecule has 4 nitrogen and oxygen atoms in total. The maximum atomic E-state index is 10.3. The van der Waals surface area contributed by atoms with Crippen molar-refractivity contribution in [2.45, 2.75) is 0 Å². The summed E-state index contributed by atoms with van der Waals surface area (Å²) in [7, 11) is -1.22. The maximum Gasteiger partial charge on any atom is 0.524 e. The average molecular weight is 282 g/mol. The Morgan fingerprint density at radius 2 is 1.48 bits per heavy atom. The van der Waals surface area contributed by atoms with Gasteiger partial charge in [0.1, 0.15) is 6.61 Å². The quantitative estimate of drug-likeness (QED) is 0.245. The lowest BCUT2D eigenvalue weighted by molar-refractivity contribution is -0.225. The van der Waals surface area contributed by atoms with Gasteiger partial charge >= 0.3 is 7.12 Å². The Hall–Kier alpha value is -1.92. The first-order chi connectivity index (χ1) is 10.3. The molecular formula is C16H15BO4. The molecule has 3 aromatic rings. The molecule has 0 fully saturated rings. The standard InChI is InChI=1S/C16H15BO4/c18-9-10-20-21-17(19)16-14-7-3-1-5-12(14)11-13-6-2-4-8-15(13)16/h1-8,11,18-19H,9-10H2. The Bertz CT molecular complexity index is 705.